The summed E-state index contributed by atoms with van der Waals surface area (Å²) in [4.78, 5) is 29.0. The molecule has 0 saturated heterocycles. The van der Waals surface area contributed by atoms with Gasteiger partial charge in [-0.3, -0.25) is 9.78 Å². The van der Waals surface area contributed by atoms with Gasteiger partial charge in [-0.25, -0.2) is 10.2 Å². The summed E-state index contributed by atoms with van der Waals surface area (Å²) in [6.45, 7) is 1.79. The maximum atomic E-state index is 12.6. The number of carbonyl (C=O) groups is 2. The van der Waals surface area contributed by atoms with E-state index >= 15 is 0 Å². The minimum absolute atomic E-state index is 0.130. The van der Waals surface area contributed by atoms with Crippen molar-refractivity contribution in [1.82, 2.24) is 10.4 Å². The van der Waals surface area contributed by atoms with Crippen LogP contribution in [0.1, 0.15) is 50.6 Å². The molecule has 31 heavy (non-hydrogen) atoms. The van der Waals surface area contributed by atoms with Crippen LogP contribution in [0.3, 0.4) is 0 Å². The summed E-state index contributed by atoms with van der Waals surface area (Å²) in [5, 5.41) is 4.32. The monoisotopic (exact) mass is 419 g/mol. The number of fused-ring (bicyclic) bond motifs is 1. The second kappa shape index (κ2) is 8.83. The van der Waals surface area contributed by atoms with Gasteiger partial charge in [0.05, 0.1) is 19.0 Å². The number of hydrogen-bond donors (Lipinski definition) is 1. The molecule has 3 aromatic rings. The zero-order valence-electron chi connectivity index (χ0n) is 17.2. The summed E-state index contributed by atoms with van der Waals surface area (Å²) < 4.78 is 16.3. The molecule has 4 rings (SSSR count). The molecule has 0 bridgehead atoms. The van der Waals surface area contributed by atoms with E-state index < -0.39 is 5.97 Å². The number of nitrogens with one attached hydrogen (secondary N) is 1. The number of benzene rings is 1. The van der Waals surface area contributed by atoms with Crippen molar-refractivity contribution in [2.24, 2.45) is 5.10 Å². The molecule has 158 valence electrons. The predicted octanol–water partition coefficient (Wildman–Crippen LogP) is 3.68. The van der Waals surface area contributed by atoms with E-state index in [-0.39, 0.29) is 11.7 Å². The Bertz CT molecular complexity index is 1130. The average Bonchev–Trinajstić information content (AvgIpc) is 3.15. The smallest absolute Gasteiger partial charge is 0.379 e. The van der Waals surface area contributed by atoms with Gasteiger partial charge in [-0.2, -0.15) is 5.10 Å². The number of aryl methyl sites for hydroxylation is 1. The molecule has 1 N–H and O–H groups in total. The predicted molar refractivity (Wildman–Crippen MR) is 113 cm³/mol. The highest BCUT2D eigenvalue weighted by molar-refractivity contribution is 6.06. The fourth-order valence-corrected chi connectivity index (χ4v) is 3.46. The van der Waals surface area contributed by atoms with Crippen molar-refractivity contribution in [1.29, 1.82) is 0 Å². The highest BCUT2D eigenvalue weighted by Crippen LogP contribution is 2.30. The van der Waals surface area contributed by atoms with E-state index in [1.54, 1.807) is 56.6 Å². The van der Waals surface area contributed by atoms with Gasteiger partial charge in [0.2, 0.25) is 5.76 Å². The van der Waals surface area contributed by atoms with E-state index in [0.717, 1.165) is 12.0 Å². The number of rotatable bonds is 5. The summed E-state index contributed by atoms with van der Waals surface area (Å²) in [5.41, 5.74) is 5.12. The van der Waals surface area contributed by atoms with Gasteiger partial charge in [0, 0.05) is 29.3 Å². The highest BCUT2D eigenvalue weighted by Gasteiger charge is 2.29. The van der Waals surface area contributed by atoms with Crippen molar-refractivity contribution in [3.05, 3.63) is 77.0 Å². The molecule has 1 aromatic carbocycles. The van der Waals surface area contributed by atoms with Gasteiger partial charge in [0.1, 0.15) is 17.3 Å². The van der Waals surface area contributed by atoms with Crippen LogP contribution in [0.15, 0.2) is 58.3 Å². The number of aromatic nitrogens is 1. The Morgan fingerprint density at radius 1 is 1.13 bits per heavy atom. The lowest BCUT2D eigenvalue weighted by molar-refractivity contribution is 0.0697. The largest absolute Gasteiger partial charge is 0.497 e. The quantitative estimate of drug-likeness (QED) is 0.500. The minimum atomic E-state index is -0.596. The van der Waals surface area contributed by atoms with E-state index in [4.69, 9.17) is 13.9 Å². The number of esters is 1. The summed E-state index contributed by atoms with van der Waals surface area (Å²) in [7, 11) is 1.57. The Morgan fingerprint density at radius 2 is 1.94 bits per heavy atom. The average molecular weight is 419 g/mol. The molecule has 1 aliphatic carbocycles. The van der Waals surface area contributed by atoms with Crippen molar-refractivity contribution in [3.8, 4) is 11.5 Å². The zero-order valence-corrected chi connectivity index (χ0v) is 17.2. The first-order valence-electron chi connectivity index (χ1n) is 9.82. The third-order valence-corrected chi connectivity index (χ3v) is 5.00. The Labute approximate surface area is 178 Å². The highest BCUT2D eigenvalue weighted by atomic mass is 16.5. The normalized spacial score (nSPS) is 14.1. The van der Waals surface area contributed by atoms with Crippen LogP contribution in [0.4, 0.5) is 0 Å². The van der Waals surface area contributed by atoms with E-state index in [1.807, 2.05) is 0 Å². The SMILES string of the molecule is COc1ccc(C(=O)N/N=C2\CCCc3oc(C(=O)Oc4cccnc4)c(C)c32)cc1. The van der Waals surface area contributed by atoms with E-state index in [0.29, 0.717) is 46.9 Å². The minimum Gasteiger partial charge on any atom is -0.497 e. The molecule has 0 radical (unpaired) electrons. The van der Waals surface area contributed by atoms with Crippen LogP contribution in [0, 0.1) is 6.92 Å². The molecule has 2 aromatic heterocycles. The summed E-state index contributed by atoms with van der Waals surface area (Å²) in [6.07, 6.45) is 5.19. The first kappa shape index (κ1) is 20.3. The van der Waals surface area contributed by atoms with Gasteiger partial charge < -0.3 is 13.9 Å². The maximum absolute atomic E-state index is 12.6. The Hall–Kier alpha value is -3.94. The number of methoxy groups -OCH3 is 1. The molecule has 0 atom stereocenters. The second-order valence-corrected chi connectivity index (χ2v) is 7.01. The van der Waals surface area contributed by atoms with E-state index in [1.165, 1.54) is 6.20 Å². The molecule has 1 amide bonds. The van der Waals surface area contributed by atoms with Crippen molar-refractivity contribution < 1.29 is 23.5 Å². The lowest BCUT2D eigenvalue weighted by atomic mass is 9.93. The number of ether oxygens (including phenoxy) is 2. The first-order chi connectivity index (χ1) is 15.1. The zero-order chi connectivity index (χ0) is 21.8. The number of nitrogens with zero attached hydrogens (tertiary/aromatic N) is 2. The van der Waals surface area contributed by atoms with Crippen LogP contribution >= 0.6 is 0 Å². The van der Waals surface area contributed by atoms with Gasteiger partial charge in [0.15, 0.2) is 0 Å². The van der Waals surface area contributed by atoms with Crippen LogP contribution in [-0.2, 0) is 6.42 Å². The fraction of sp³-hybridized carbons (Fsp3) is 0.217. The summed E-state index contributed by atoms with van der Waals surface area (Å²) in [5.74, 6) is 0.867. The molecule has 8 heteroatoms. The molecule has 0 saturated carbocycles. The topological polar surface area (TPSA) is 103 Å². The van der Waals surface area contributed by atoms with Crippen LogP contribution in [0.2, 0.25) is 0 Å². The van der Waals surface area contributed by atoms with Crippen LogP contribution in [0.5, 0.6) is 11.5 Å². The van der Waals surface area contributed by atoms with Gasteiger partial charge in [-0.05, 0) is 56.2 Å². The lowest BCUT2D eigenvalue weighted by Gasteiger charge is -2.13. The van der Waals surface area contributed by atoms with E-state index in [2.05, 4.69) is 15.5 Å². The number of hydrogen-bond acceptors (Lipinski definition) is 7. The van der Waals surface area contributed by atoms with Crippen molar-refractivity contribution in [2.45, 2.75) is 26.2 Å². The molecule has 2 heterocycles. The van der Waals surface area contributed by atoms with Gasteiger partial charge in [0.25, 0.3) is 5.91 Å². The van der Waals surface area contributed by atoms with Crippen LogP contribution in [0.25, 0.3) is 0 Å². The molecular formula is C23H21N3O5. The first-order valence-corrected chi connectivity index (χ1v) is 9.82. The molecule has 1 aliphatic rings. The number of amides is 1. The standard InChI is InChI=1S/C23H21N3O5/c1-14-20-18(25-26-22(27)15-8-10-16(29-2)11-9-15)6-3-7-19(20)31-21(14)23(28)30-17-5-4-12-24-13-17/h4-5,8-13H,3,6-7H2,1-2H3,(H,26,27)/b25-18+. The second-order valence-electron chi connectivity index (χ2n) is 7.01. The van der Waals surface area contributed by atoms with Crippen LogP contribution in [-0.4, -0.2) is 29.7 Å². The summed E-state index contributed by atoms with van der Waals surface area (Å²) in [6, 6.07) is 10.1. The molecular weight excluding hydrogens is 398 g/mol. The molecule has 0 unspecified atom stereocenters. The molecule has 0 aliphatic heterocycles. The third-order valence-electron chi connectivity index (χ3n) is 5.00. The van der Waals surface area contributed by atoms with Gasteiger partial charge in [-0.1, -0.05) is 0 Å². The maximum Gasteiger partial charge on any atom is 0.379 e. The molecule has 0 spiro atoms. The van der Waals surface area contributed by atoms with Gasteiger partial charge >= 0.3 is 5.97 Å². The van der Waals surface area contributed by atoms with Crippen LogP contribution < -0.4 is 14.9 Å². The van der Waals surface area contributed by atoms with Crippen molar-refractivity contribution in [3.63, 3.8) is 0 Å². The van der Waals surface area contributed by atoms with Crippen molar-refractivity contribution in [2.75, 3.05) is 7.11 Å². The Balaban J connectivity index is 1.54. The number of hydrazone groups is 1. The fourth-order valence-electron chi connectivity index (χ4n) is 3.46. The Morgan fingerprint density at radius 3 is 2.65 bits per heavy atom. The number of furan rings is 1. The Kier molecular flexibility index (Phi) is 5.79. The van der Waals surface area contributed by atoms with E-state index in [9.17, 15) is 9.59 Å². The lowest BCUT2D eigenvalue weighted by Crippen LogP contribution is -2.22. The third kappa shape index (κ3) is 4.32. The molecule has 0 fully saturated rings. The number of carbonyl (C=O) groups excluding carboxylic acids is 2. The molecule has 8 nitrogen and oxygen atoms in total. The summed E-state index contributed by atoms with van der Waals surface area (Å²) >= 11 is 0. The van der Waals surface area contributed by atoms with Gasteiger partial charge in [-0.15, -0.1) is 0 Å². The number of pyridine rings is 1. The van der Waals surface area contributed by atoms with Crippen molar-refractivity contribution >= 4 is 17.6 Å².